The van der Waals surface area contributed by atoms with Gasteiger partial charge in [-0.25, -0.2) is 9.67 Å². The summed E-state index contributed by atoms with van der Waals surface area (Å²) in [7, 11) is 3.19. The monoisotopic (exact) mass is 352 g/mol. The van der Waals surface area contributed by atoms with Crippen molar-refractivity contribution in [1.29, 1.82) is 0 Å². The minimum Gasteiger partial charge on any atom is -0.383 e. The van der Waals surface area contributed by atoms with Crippen molar-refractivity contribution in [3.8, 4) is 5.69 Å². The van der Waals surface area contributed by atoms with Crippen molar-refractivity contribution < 1.29 is 14.3 Å². The largest absolute Gasteiger partial charge is 0.383 e. The lowest BCUT2D eigenvalue weighted by atomic mass is 10.3. The van der Waals surface area contributed by atoms with Crippen LogP contribution in [-0.2, 0) is 9.47 Å². The standard InChI is InChI=1S/C16H21ClN4O3/c1-12-18-15(16(22)20(8-10-23-2)9-11-24-3)19-21(12)14-6-4-13(17)5-7-14/h4-7H,8-11H2,1-3H3. The summed E-state index contributed by atoms with van der Waals surface area (Å²) in [5.74, 6) is 0.522. The first kappa shape index (κ1) is 18.4. The molecule has 0 atom stereocenters. The zero-order valence-corrected chi connectivity index (χ0v) is 14.8. The summed E-state index contributed by atoms with van der Waals surface area (Å²) in [5, 5.41) is 4.97. The van der Waals surface area contributed by atoms with E-state index in [1.807, 2.05) is 12.1 Å². The van der Waals surface area contributed by atoms with Gasteiger partial charge in [0.25, 0.3) is 5.91 Å². The Balaban J connectivity index is 2.22. The van der Waals surface area contributed by atoms with E-state index in [1.165, 1.54) is 0 Å². The van der Waals surface area contributed by atoms with Gasteiger partial charge in [0, 0.05) is 32.3 Å². The van der Waals surface area contributed by atoms with Crippen molar-refractivity contribution in [2.24, 2.45) is 0 Å². The maximum Gasteiger partial charge on any atom is 0.293 e. The van der Waals surface area contributed by atoms with Gasteiger partial charge in [-0.05, 0) is 31.2 Å². The molecule has 2 rings (SSSR count). The third-order valence-corrected chi connectivity index (χ3v) is 3.70. The lowest BCUT2D eigenvalue weighted by molar-refractivity contribution is 0.0616. The first-order valence-electron chi connectivity index (χ1n) is 7.53. The quantitative estimate of drug-likeness (QED) is 0.726. The van der Waals surface area contributed by atoms with Gasteiger partial charge in [-0.15, -0.1) is 5.10 Å². The van der Waals surface area contributed by atoms with Crippen LogP contribution in [-0.4, -0.2) is 66.1 Å². The SMILES string of the molecule is COCCN(CCOC)C(=O)c1nc(C)n(-c2ccc(Cl)cc2)n1. The highest BCUT2D eigenvalue weighted by Gasteiger charge is 2.21. The molecule has 0 aliphatic heterocycles. The number of carbonyl (C=O) groups is 1. The molecule has 0 aliphatic carbocycles. The molecule has 0 N–H and O–H groups in total. The molecule has 0 saturated carbocycles. The van der Waals surface area contributed by atoms with E-state index >= 15 is 0 Å². The van der Waals surface area contributed by atoms with Crippen LogP contribution in [0.4, 0.5) is 0 Å². The minimum atomic E-state index is -0.250. The highest BCUT2D eigenvalue weighted by Crippen LogP contribution is 2.14. The van der Waals surface area contributed by atoms with Crippen LogP contribution in [0.3, 0.4) is 0 Å². The third kappa shape index (κ3) is 4.53. The van der Waals surface area contributed by atoms with E-state index < -0.39 is 0 Å². The van der Waals surface area contributed by atoms with Gasteiger partial charge in [0.2, 0.25) is 5.82 Å². The molecule has 1 amide bonds. The Morgan fingerprint density at radius 1 is 1.17 bits per heavy atom. The molecule has 130 valence electrons. The number of amides is 1. The molecule has 0 saturated heterocycles. The van der Waals surface area contributed by atoms with Gasteiger partial charge in [0.05, 0.1) is 18.9 Å². The van der Waals surface area contributed by atoms with Crippen LogP contribution in [0.2, 0.25) is 5.02 Å². The zero-order chi connectivity index (χ0) is 17.5. The molecule has 1 heterocycles. The lowest BCUT2D eigenvalue weighted by Gasteiger charge is -2.20. The molecule has 0 bridgehead atoms. The number of methoxy groups -OCH3 is 2. The smallest absolute Gasteiger partial charge is 0.293 e. The van der Waals surface area contributed by atoms with Crippen LogP contribution < -0.4 is 0 Å². The van der Waals surface area contributed by atoms with Crippen molar-refractivity contribution in [1.82, 2.24) is 19.7 Å². The molecule has 1 aromatic heterocycles. The fourth-order valence-electron chi connectivity index (χ4n) is 2.17. The van der Waals surface area contributed by atoms with Crippen LogP contribution in [0.25, 0.3) is 5.69 Å². The van der Waals surface area contributed by atoms with E-state index in [-0.39, 0.29) is 11.7 Å². The van der Waals surface area contributed by atoms with Gasteiger partial charge in [-0.3, -0.25) is 4.79 Å². The summed E-state index contributed by atoms with van der Waals surface area (Å²) in [5.41, 5.74) is 0.795. The van der Waals surface area contributed by atoms with Crippen molar-refractivity contribution >= 4 is 17.5 Å². The Morgan fingerprint density at radius 2 is 1.75 bits per heavy atom. The molecular weight excluding hydrogens is 332 g/mol. The fourth-order valence-corrected chi connectivity index (χ4v) is 2.29. The number of hydrogen-bond donors (Lipinski definition) is 0. The first-order chi connectivity index (χ1) is 11.6. The molecule has 0 unspecified atom stereocenters. The molecule has 0 spiro atoms. The van der Waals surface area contributed by atoms with Crippen LogP contribution in [0.1, 0.15) is 16.4 Å². The number of aromatic nitrogens is 3. The lowest BCUT2D eigenvalue weighted by Crippen LogP contribution is -2.37. The van der Waals surface area contributed by atoms with Gasteiger partial charge in [-0.2, -0.15) is 0 Å². The van der Waals surface area contributed by atoms with Gasteiger partial charge >= 0.3 is 0 Å². The maximum absolute atomic E-state index is 12.7. The van der Waals surface area contributed by atoms with Crippen molar-refractivity contribution in [3.05, 3.63) is 40.9 Å². The number of halogens is 1. The number of nitrogens with zero attached hydrogens (tertiary/aromatic N) is 4. The highest BCUT2D eigenvalue weighted by molar-refractivity contribution is 6.30. The molecule has 7 nitrogen and oxygen atoms in total. The number of carbonyl (C=O) groups excluding carboxylic acids is 1. The van der Waals surface area contributed by atoms with Crippen molar-refractivity contribution in [2.75, 3.05) is 40.5 Å². The van der Waals surface area contributed by atoms with E-state index in [0.717, 1.165) is 5.69 Å². The summed E-state index contributed by atoms with van der Waals surface area (Å²) in [6, 6.07) is 7.18. The molecule has 0 aliphatic rings. The van der Waals surface area contributed by atoms with E-state index in [9.17, 15) is 4.79 Å². The van der Waals surface area contributed by atoms with Gasteiger partial charge in [-0.1, -0.05) is 11.6 Å². The van der Waals surface area contributed by atoms with E-state index in [2.05, 4.69) is 10.1 Å². The molecule has 0 radical (unpaired) electrons. The minimum absolute atomic E-state index is 0.148. The number of ether oxygens (including phenoxy) is 2. The highest BCUT2D eigenvalue weighted by atomic mass is 35.5. The van der Waals surface area contributed by atoms with Crippen molar-refractivity contribution in [2.45, 2.75) is 6.92 Å². The predicted molar refractivity (Wildman–Crippen MR) is 90.8 cm³/mol. The van der Waals surface area contributed by atoms with Gasteiger partial charge in [0.15, 0.2) is 0 Å². The van der Waals surface area contributed by atoms with Crippen LogP contribution in [0, 0.1) is 6.92 Å². The maximum atomic E-state index is 12.7. The molecular formula is C16H21ClN4O3. The van der Waals surface area contributed by atoms with Crippen LogP contribution in [0.15, 0.2) is 24.3 Å². The first-order valence-corrected chi connectivity index (χ1v) is 7.91. The Kier molecular flexibility index (Phi) is 6.72. The average molecular weight is 353 g/mol. The summed E-state index contributed by atoms with van der Waals surface area (Å²) < 4.78 is 11.7. The van der Waals surface area contributed by atoms with Gasteiger partial charge < -0.3 is 14.4 Å². The summed E-state index contributed by atoms with van der Waals surface area (Å²) in [6.45, 7) is 3.58. The second-order valence-corrected chi connectivity index (χ2v) is 5.59. The Morgan fingerprint density at radius 3 is 2.29 bits per heavy atom. The normalized spacial score (nSPS) is 10.8. The van der Waals surface area contributed by atoms with Crippen LogP contribution >= 0.6 is 11.6 Å². The summed E-state index contributed by atoms with van der Waals surface area (Å²) >= 11 is 5.90. The van der Waals surface area contributed by atoms with Gasteiger partial charge in [0.1, 0.15) is 5.82 Å². The molecule has 1 aromatic carbocycles. The number of hydrogen-bond acceptors (Lipinski definition) is 5. The number of aryl methyl sites for hydroxylation is 1. The van der Waals surface area contributed by atoms with Crippen molar-refractivity contribution in [3.63, 3.8) is 0 Å². The molecule has 8 heteroatoms. The Labute approximate surface area is 146 Å². The second kappa shape index (κ2) is 8.77. The fraction of sp³-hybridized carbons (Fsp3) is 0.438. The van der Waals surface area contributed by atoms with E-state index in [1.54, 1.807) is 42.9 Å². The molecule has 2 aromatic rings. The molecule has 24 heavy (non-hydrogen) atoms. The Bertz CT molecular complexity index is 664. The average Bonchev–Trinajstić information content (AvgIpc) is 2.97. The third-order valence-electron chi connectivity index (χ3n) is 3.45. The topological polar surface area (TPSA) is 69.5 Å². The summed E-state index contributed by atoms with van der Waals surface area (Å²) in [6.07, 6.45) is 0. The second-order valence-electron chi connectivity index (χ2n) is 5.15. The Hall–Kier alpha value is -1.96. The predicted octanol–water partition coefficient (Wildman–Crippen LogP) is 1.96. The summed E-state index contributed by atoms with van der Waals surface area (Å²) in [4.78, 5) is 18.6. The van der Waals surface area contributed by atoms with Crippen LogP contribution in [0.5, 0.6) is 0 Å². The zero-order valence-electron chi connectivity index (χ0n) is 14.0. The van der Waals surface area contributed by atoms with E-state index in [4.69, 9.17) is 21.1 Å². The number of rotatable bonds is 8. The molecule has 0 fully saturated rings. The number of benzene rings is 1. The van der Waals surface area contributed by atoms with E-state index in [0.29, 0.717) is 37.2 Å².